The molecule has 0 amide bonds. The van der Waals surface area contributed by atoms with E-state index in [4.69, 9.17) is 4.74 Å². The first-order chi connectivity index (χ1) is 12.7. The Kier molecular flexibility index (Phi) is 6.97. The third-order valence-corrected chi connectivity index (χ3v) is 7.38. The number of guanidine groups is 1. The lowest BCUT2D eigenvalue weighted by Gasteiger charge is -2.22. The van der Waals surface area contributed by atoms with Crippen LogP contribution in [0.1, 0.15) is 27.2 Å². The molecule has 27 heavy (non-hydrogen) atoms. The second kappa shape index (κ2) is 8.82. The number of nitrogens with zero attached hydrogens (tertiary/aromatic N) is 2. The number of hydrogen-bond donors (Lipinski definition) is 2. The van der Waals surface area contributed by atoms with Crippen LogP contribution in [-0.2, 0) is 9.84 Å². The first kappa shape index (κ1) is 21.3. The molecule has 1 aliphatic rings. The van der Waals surface area contributed by atoms with Gasteiger partial charge in [0.05, 0.1) is 23.3 Å². The Morgan fingerprint density at radius 1 is 1.33 bits per heavy atom. The molecule has 1 heterocycles. The molecule has 2 rings (SSSR count). The van der Waals surface area contributed by atoms with Gasteiger partial charge < -0.3 is 20.3 Å². The summed E-state index contributed by atoms with van der Waals surface area (Å²) in [5, 5.41) is 6.51. The van der Waals surface area contributed by atoms with Crippen molar-refractivity contribution in [3.8, 4) is 5.75 Å². The quantitative estimate of drug-likeness (QED) is 0.562. The van der Waals surface area contributed by atoms with E-state index in [0.29, 0.717) is 12.5 Å². The van der Waals surface area contributed by atoms with E-state index in [9.17, 15) is 8.42 Å². The first-order valence-corrected chi connectivity index (χ1v) is 10.9. The Hall–Kier alpha value is -1.96. The maximum Gasteiger partial charge on any atom is 0.191 e. The lowest BCUT2D eigenvalue weighted by atomic mass is 10.2. The van der Waals surface area contributed by atoms with Gasteiger partial charge in [-0.2, -0.15) is 0 Å². The van der Waals surface area contributed by atoms with Crippen LogP contribution in [0.2, 0.25) is 0 Å². The highest BCUT2D eigenvalue weighted by Gasteiger charge is 2.29. The maximum absolute atomic E-state index is 12.2. The lowest BCUT2D eigenvalue weighted by molar-refractivity contribution is 0.415. The number of para-hydroxylation sites is 2. The molecule has 2 N–H and O–H groups in total. The predicted molar refractivity (Wildman–Crippen MR) is 112 cm³/mol. The summed E-state index contributed by atoms with van der Waals surface area (Å²) >= 11 is 0. The molecule has 1 aliphatic heterocycles. The summed E-state index contributed by atoms with van der Waals surface area (Å²) in [5.74, 6) is 1.58. The van der Waals surface area contributed by atoms with Crippen molar-refractivity contribution >= 4 is 21.5 Å². The van der Waals surface area contributed by atoms with Gasteiger partial charge in [-0.1, -0.05) is 12.1 Å². The molecule has 0 radical (unpaired) electrons. The van der Waals surface area contributed by atoms with Gasteiger partial charge >= 0.3 is 0 Å². The zero-order valence-electron chi connectivity index (χ0n) is 16.9. The lowest BCUT2D eigenvalue weighted by Crippen LogP contribution is -2.46. The van der Waals surface area contributed by atoms with Crippen molar-refractivity contribution in [3.63, 3.8) is 0 Å². The number of benzene rings is 1. The zero-order valence-corrected chi connectivity index (χ0v) is 17.8. The summed E-state index contributed by atoms with van der Waals surface area (Å²) in [6.45, 7) is 7.26. The van der Waals surface area contributed by atoms with Crippen LogP contribution in [0, 0.1) is 0 Å². The van der Waals surface area contributed by atoms with Gasteiger partial charge in [-0.25, -0.2) is 8.42 Å². The van der Waals surface area contributed by atoms with E-state index >= 15 is 0 Å². The molecule has 0 bridgehead atoms. The van der Waals surface area contributed by atoms with Gasteiger partial charge in [0, 0.05) is 32.7 Å². The van der Waals surface area contributed by atoms with Gasteiger partial charge in [0.1, 0.15) is 5.75 Å². The molecule has 1 unspecified atom stereocenters. The van der Waals surface area contributed by atoms with Crippen LogP contribution in [-0.4, -0.2) is 64.7 Å². The molecule has 1 aromatic carbocycles. The summed E-state index contributed by atoms with van der Waals surface area (Å²) in [5.41, 5.74) is 1.09. The monoisotopic (exact) mass is 396 g/mol. The number of ether oxygens (including phenoxy) is 1. The normalized spacial score (nSPS) is 18.5. The topological polar surface area (TPSA) is 83.0 Å². The SMILES string of the molecule is CN=C(NCCS(=O)(=O)C(C)(C)C)NC1CCN(c2ccccc2OC)C1. The molecule has 1 fully saturated rings. The van der Waals surface area contributed by atoms with Gasteiger partial charge in [-0.3, -0.25) is 4.99 Å². The van der Waals surface area contributed by atoms with E-state index < -0.39 is 14.6 Å². The molecule has 0 saturated carbocycles. The van der Waals surface area contributed by atoms with Gasteiger partial charge in [0.15, 0.2) is 15.8 Å². The van der Waals surface area contributed by atoms with E-state index in [1.165, 1.54) is 0 Å². The number of rotatable bonds is 6. The number of aliphatic imine (C=N–C) groups is 1. The zero-order chi connectivity index (χ0) is 20.1. The Morgan fingerprint density at radius 2 is 2.04 bits per heavy atom. The molecular weight excluding hydrogens is 364 g/mol. The maximum atomic E-state index is 12.2. The number of sulfone groups is 1. The highest BCUT2D eigenvalue weighted by Crippen LogP contribution is 2.30. The number of methoxy groups -OCH3 is 1. The number of anilines is 1. The van der Waals surface area contributed by atoms with Crippen molar-refractivity contribution < 1.29 is 13.2 Å². The molecule has 0 aliphatic carbocycles. The van der Waals surface area contributed by atoms with Crippen LogP contribution in [0.4, 0.5) is 5.69 Å². The average molecular weight is 397 g/mol. The Bertz CT molecular complexity index is 756. The van der Waals surface area contributed by atoms with Gasteiger partial charge in [-0.15, -0.1) is 0 Å². The molecule has 8 heteroatoms. The highest BCUT2D eigenvalue weighted by molar-refractivity contribution is 7.92. The van der Waals surface area contributed by atoms with Crippen molar-refractivity contribution in [2.45, 2.75) is 38.0 Å². The fourth-order valence-electron chi connectivity index (χ4n) is 2.99. The summed E-state index contributed by atoms with van der Waals surface area (Å²) in [6, 6.07) is 8.23. The average Bonchev–Trinajstić information content (AvgIpc) is 3.08. The van der Waals surface area contributed by atoms with Crippen LogP contribution in [0.15, 0.2) is 29.3 Å². The van der Waals surface area contributed by atoms with Crippen molar-refractivity contribution in [1.82, 2.24) is 10.6 Å². The molecule has 0 aromatic heterocycles. The highest BCUT2D eigenvalue weighted by atomic mass is 32.2. The minimum absolute atomic E-state index is 0.0786. The van der Waals surface area contributed by atoms with Crippen molar-refractivity contribution in [3.05, 3.63) is 24.3 Å². The van der Waals surface area contributed by atoms with E-state index in [0.717, 1.165) is 30.9 Å². The van der Waals surface area contributed by atoms with Crippen LogP contribution in [0.5, 0.6) is 5.75 Å². The summed E-state index contributed by atoms with van der Waals surface area (Å²) < 4.78 is 29.1. The van der Waals surface area contributed by atoms with Crippen molar-refractivity contribution in [1.29, 1.82) is 0 Å². The standard InChI is InChI=1S/C19H32N4O3S/c1-19(2,3)27(24,25)13-11-21-18(20-4)22-15-10-12-23(14-15)16-8-6-7-9-17(16)26-5/h6-9,15H,10-14H2,1-5H3,(H2,20,21,22). The van der Waals surface area contributed by atoms with Gasteiger partial charge in [0.25, 0.3) is 0 Å². The summed E-state index contributed by atoms with van der Waals surface area (Å²) in [4.78, 5) is 6.51. The van der Waals surface area contributed by atoms with Crippen molar-refractivity contribution in [2.75, 3.05) is 44.4 Å². The fourth-order valence-corrected chi connectivity index (χ4v) is 3.97. The molecule has 152 valence electrons. The number of hydrogen-bond acceptors (Lipinski definition) is 5. The Morgan fingerprint density at radius 3 is 2.67 bits per heavy atom. The Balaban J connectivity index is 1.87. The second-order valence-electron chi connectivity index (χ2n) is 7.68. The number of nitrogens with one attached hydrogen (secondary N) is 2. The smallest absolute Gasteiger partial charge is 0.191 e. The van der Waals surface area contributed by atoms with Crippen LogP contribution in [0.3, 0.4) is 0 Å². The van der Waals surface area contributed by atoms with Crippen LogP contribution in [0.25, 0.3) is 0 Å². The third-order valence-electron chi connectivity index (χ3n) is 4.77. The summed E-state index contributed by atoms with van der Waals surface area (Å²) in [6.07, 6.45) is 0.971. The van der Waals surface area contributed by atoms with Crippen LogP contribution < -0.4 is 20.3 Å². The molecular formula is C19H32N4O3S. The Labute approximate surface area is 163 Å². The van der Waals surface area contributed by atoms with E-state index in [-0.39, 0.29) is 11.8 Å². The largest absolute Gasteiger partial charge is 0.495 e. The molecule has 0 spiro atoms. The van der Waals surface area contributed by atoms with E-state index in [1.54, 1.807) is 34.9 Å². The minimum atomic E-state index is -3.15. The molecule has 1 saturated heterocycles. The minimum Gasteiger partial charge on any atom is -0.495 e. The first-order valence-electron chi connectivity index (χ1n) is 9.25. The fraction of sp³-hybridized carbons (Fsp3) is 0.632. The third kappa shape index (κ3) is 5.51. The van der Waals surface area contributed by atoms with E-state index in [2.05, 4.69) is 26.6 Å². The molecule has 7 nitrogen and oxygen atoms in total. The van der Waals surface area contributed by atoms with E-state index in [1.807, 2.05) is 18.2 Å². The second-order valence-corrected chi connectivity index (χ2v) is 10.5. The summed E-state index contributed by atoms with van der Waals surface area (Å²) in [7, 11) is 0.229. The van der Waals surface area contributed by atoms with Crippen molar-refractivity contribution in [2.24, 2.45) is 4.99 Å². The van der Waals surface area contributed by atoms with Gasteiger partial charge in [-0.05, 0) is 39.3 Å². The van der Waals surface area contributed by atoms with Crippen LogP contribution >= 0.6 is 0 Å². The predicted octanol–water partition coefficient (Wildman–Crippen LogP) is 1.65. The molecule has 1 atom stereocenters. The van der Waals surface area contributed by atoms with Gasteiger partial charge in [0.2, 0.25) is 0 Å². The molecule has 1 aromatic rings.